The van der Waals surface area contributed by atoms with Gasteiger partial charge in [0.25, 0.3) is 5.91 Å². The number of rotatable bonds is 6. The lowest BCUT2D eigenvalue weighted by atomic mass is 9.94. The van der Waals surface area contributed by atoms with E-state index in [2.05, 4.69) is 26.2 Å². The number of carbonyl (C=O) groups excluding carboxylic acids is 1. The molecule has 2 heterocycles. The first-order valence-corrected chi connectivity index (χ1v) is 9.55. The van der Waals surface area contributed by atoms with Crippen molar-refractivity contribution in [2.75, 3.05) is 24.4 Å². The summed E-state index contributed by atoms with van der Waals surface area (Å²) in [5.74, 6) is 1.41. The molecule has 1 aliphatic heterocycles. The van der Waals surface area contributed by atoms with Crippen LogP contribution in [0.2, 0.25) is 0 Å². The van der Waals surface area contributed by atoms with E-state index in [9.17, 15) is 4.79 Å². The fraction of sp³-hybridized carbons (Fsp3) is 0.238. The van der Waals surface area contributed by atoms with Crippen molar-refractivity contribution in [2.24, 2.45) is 0 Å². The van der Waals surface area contributed by atoms with E-state index < -0.39 is 6.04 Å². The van der Waals surface area contributed by atoms with Gasteiger partial charge in [-0.15, -0.1) is 0 Å². The van der Waals surface area contributed by atoms with Crippen LogP contribution in [0.5, 0.6) is 11.5 Å². The predicted molar refractivity (Wildman–Crippen MR) is 112 cm³/mol. The van der Waals surface area contributed by atoms with Crippen molar-refractivity contribution >= 4 is 17.5 Å². The molecule has 1 unspecified atom stereocenters. The molecule has 0 bridgehead atoms. The molecule has 1 amide bonds. The lowest BCUT2D eigenvalue weighted by Crippen LogP contribution is -2.31. The number of nitrogens with zero attached hydrogens (tertiary/aromatic N) is 4. The molecule has 1 aliphatic rings. The first-order valence-electron chi connectivity index (χ1n) is 9.55. The lowest BCUT2D eigenvalue weighted by molar-refractivity contribution is -0.113. The van der Waals surface area contributed by atoms with Crippen molar-refractivity contribution in [2.45, 2.75) is 19.9 Å². The summed E-state index contributed by atoms with van der Waals surface area (Å²) >= 11 is 0. The van der Waals surface area contributed by atoms with Crippen LogP contribution in [0.1, 0.15) is 25.5 Å². The van der Waals surface area contributed by atoms with E-state index in [4.69, 9.17) is 9.47 Å². The Kier molecular flexibility index (Phi) is 5.34. The first kappa shape index (κ1) is 19.4. The van der Waals surface area contributed by atoms with Crippen molar-refractivity contribution in [3.8, 4) is 11.5 Å². The average molecular weight is 406 g/mol. The molecule has 0 spiro atoms. The zero-order chi connectivity index (χ0) is 21.1. The molecule has 2 N–H and O–H groups in total. The number of ether oxygens (including phenoxy) is 2. The SMILES string of the molecule is CCOc1ccccc1NC(=O)C1=C(C)Nc2nnnn2C1c1ccccc1OC. The molecule has 154 valence electrons. The Labute approximate surface area is 173 Å². The summed E-state index contributed by atoms with van der Waals surface area (Å²) in [5.41, 5.74) is 2.49. The van der Waals surface area contributed by atoms with Gasteiger partial charge in [-0.2, -0.15) is 4.68 Å². The fourth-order valence-electron chi connectivity index (χ4n) is 3.53. The minimum atomic E-state index is -0.563. The predicted octanol–water partition coefficient (Wildman–Crippen LogP) is 3.01. The van der Waals surface area contributed by atoms with Gasteiger partial charge in [-0.3, -0.25) is 4.79 Å². The molecule has 0 radical (unpaired) electrons. The van der Waals surface area contributed by atoms with Gasteiger partial charge in [0.2, 0.25) is 5.95 Å². The fourth-order valence-corrected chi connectivity index (χ4v) is 3.53. The van der Waals surface area contributed by atoms with Gasteiger partial charge in [-0.1, -0.05) is 35.4 Å². The zero-order valence-corrected chi connectivity index (χ0v) is 16.9. The smallest absolute Gasteiger partial charge is 0.255 e. The van der Waals surface area contributed by atoms with Crippen LogP contribution in [0.3, 0.4) is 0 Å². The van der Waals surface area contributed by atoms with Gasteiger partial charge in [0, 0.05) is 11.3 Å². The Morgan fingerprint density at radius 1 is 1.17 bits per heavy atom. The summed E-state index contributed by atoms with van der Waals surface area (Å²) in [6.45, 7) is 4.21. The van der Waals surface area contributed by atoms with E-state index in [-0.39, 0.29) is 5.91 Å². The minimum absolute atomic E-state index is 0.288. The van der Waals surface area contributed by atoms with E-state index in [1.807, 2.05) is 56.3 Å². The number of aromatic nitrogens is 4. The van der Waals surface area contributed by atoms with Gasteiger partial charge in [-0.05, 0) is 42.5 Å². The number of methoxy groups -OCH3 is 1. The summed E-state index contributed by atoms with van der Waals surface area (Å²) in [7, 11) is 1.59. The highest BCUT2D eigenvalue weighted by Gasteiger charge is 2.35. The van der Waals surface area contributed by atoms with Crippen LogP contribution >= 0.6 is 0 Å². The maximum Gasteiger partial charge on any atom is 0.255 e. The second-order valence-electron chi connectivity index (χ2n) is 6.64. The summed E-state index contributed by atoms with van der Waals surface area (Å²) in [6, 6.07) is 14.3. The number of hydrogen-bond donors (Lipinski definition) is 2. The molecule has 1 aromatic heterocycles. The zero-order valence-electron chi connectivity index (χ0n) is 16.9. The van der Waals surface area contributed by atoms with Crippen molar-refractivity contribution in [1.29, 1.82) is 0 Å². The van der Waals surface area contributed by atoms with Crippen LogP contribution in [-0.2, 0) is 4.79 Å². The van der Waals surface area contributed by atoms with Crippen molar-refractivity contribution in [1.82, 2.24) is 20.2 Å². The molecule has 0 fully saturated rings. The van der Waals surface area contributed by atoms with Crippen molar-refractivity contribution < 1.29 is 14.3 Å². The van der Waals surface area contributed by atoms with Crippen LogP contribution in [0, 0.1) is 0 Å². The van der Waals surface area contributed by atoms with E-state index in [0.29, 0.717) is 41.0 Å². The number of hydrogen-bond acceptors (Lipinski definition) is 7. The van der Waals surface area contributed by atoms with Crippen molar-refractivity contribution in [3.05, 3.63) is 65.4 Å². The summed E-state index contributed by atoms with van der Waals surface area (Å²) < 4.78 is 12.8. The molecule has 3 aromatic rings. The molecule has 9 nitrogen and oxygen atoms in total. The molecular weight excluding hydrogens is 384 g/mol. The topological polar surface area (TPSA) is 103 Å². The molecule has 4 rings (SSSR count). The van der Waals surface area contributed by atoms with Gasteiger partial charge < -0.3 is 20.1 Å². The maximum absolute atomic E-state index is 13.5. The quantitative estimate of drug-likeness (QED) is 0.649. The highest BCUT2D eigenvalue weighted by atomic mass is 16.5. The normalized spacial score (nSPS) is 15.2. The Bertz CT molecular complexity index is 1110. The van der Waals surface area contributed by atoms with Crippen LogP contribution in [0.4, 0.5) is 11.6 Å². The Morgan fingerprint density at radius 2 is 1.90 bits per heavy atom. The average Bonchev–Trinajstić information content (AvgIpc) is 3.22. The molecule has 0 aliphatic carbocycles. The third kappa shape index (κ3) is 3.45. The monoisotopic (exact) mass is 406 g/mol. The Hall–Kier alpha value is -3.88. The van der Waals surface area contributed by atoms with Gasteiger partial charge in [-0.25, -0.2) is 0 Å². The second kappa shape index (κ2) is 8.24. The highest BCUT2D eigenvalue weighted by Crippen LogP contribution is 2.39. The number of para-hydroxylation sites is 3. The third-order valence-corrected chi connectivity index (χ3v) is 4.83. The largest absolute Gasteiger partial charge is 0.496 e. The summed E-state index contributed by atoms with van der Waals surface area (Å²) in [4.78, 5) is 13.5. The van der Waals surface area contributed by atoms with Crippen LogP contribution in [0.25, 0.3) is 0 Å². The molecule has 0 saturated carbocycles. The van der Waals surface area contributed by atoms with Crippen molar-refractivity contribution in [3.63, 3.8) is 0 Å². The van der Waals surface area contributed by atoms with E-state index in [0.717, 1.165) is 5.56 Å². The maximum atomic E-state index is 13.5. The number of amides is 1. The van der Waals surface area contributed by atoms with E-state index in [1.54, 1.807) is 17.9 Å². The number of carbonyl (C=O) groups is 1. The van der Waals surface area contributed by atoms with Gasteiger partial charge >= 0.3 is 0 Å². The lowest BCUT2D eigenvalue weighted by Gasteiger charge is -2.29. The molecule has 0 saturated heterocycles. The minimum Gasteiger partial charge on any atom is -0.496 e. The first-order chi connectivity index (χ1) is 14.6. The van der Waals surface area contributed by atoms with Crippen LogP contribution < -0.4 is 20.1 Å². The molecule has 2 aromatic carbocycles. The number of tetrazole rings is 1. The second-order valence-corrected chi connectivity index (χ2v) is 6.64. The van der Waals surface area contributed by atoms with Crippen LogP contribution in [-0.4, -0.2) is 39.8 Å². The number of benzene rings is 2. The van der Waals surface area contributed by atoms with E-state index >= 15 is 0 Å². The standard InChI is InChI=1S/C21H22N6O3/c1-4-30-17-12-8-6-10-15(17)23-20(28)18-13(2)22-21-24-25-26-27(21)19(18)14-9-5-7-11-16(14)29-3/h5-12,19H,4H2,1-3H3,(H,23,28)(H,22,24,26). The van der Waals surface area contributed by atoms with Gasteiger partial charge in [0.1, 0.15) is 17.5 Å². The molecule has 1 atom stereocenters. The molecular formula is C21H22N6O3. The Balaban J connectivity index is 1.78. The summed E-state index contributed by atoms with van der Waals surface area (Å²) in [6.07, 6.45) is 0. The number of nitrogens with one attached hydrogen (secondary N) is 2. The molecule has 9 heteroatoms. The number of anilines is 2. The number of fused-ring (bicyclic) bond motifs is 1. The molecule has 30 heavy (non-hydrogen) atoms. The van der Waals surface area contributed by atoms with Crippen LogP contribution in [0.15, 0.2) is 59.8 Å². The third-order valence-electron chi connectivity index (χ3n) is 4.83. The van der Waals surface area contributed by atoms with Gasteiger partial charge in [0.05, 0.1) is 25.0 Å². The van der Waals surface area contributed by atoms with Gasteiger partial charge in [0.15, 0.2) is 0 Å². The summed E-state index contributed by atoms with van der Waals surface area (Å²) in [5, 5.41) is 18.0. The van der Waals surface area contributed by atoms with E-state index in [1.165, 1.54) is 0 Å². The highest BCUT2D eigenvalue weighted by molar-refractivity contribution is 6.06. The Morgan fingerprint density at radius 3 is 2.67 bits per heavy atom. The number of allylic oxidation sites excluding steroid dienone is 1.